The second-order valence-corrected chi connectivity index (χ2v) is 8.41. The highest BCUT2D eigenvalue weighted by Crippen LogP contribution is 2.28. The zero-order valence-electron chi connectivity index (χ0n) is 16.6. The van der Waals surface area contributed by atoms with E-state index in [1.165, 1.54) is 5.56 Å². The molecule has 0 spiro atoms. The van der Waals surface area contributed by atoms with E-state index in [9.17, 15) is 9.59 Å². The summed E-state index contributed by atoms with van der Waals surface area (Å²) < 4.78 is 5.43. The van der Waals surface area contributed by atoms with Crippen molar-refractivity contribution in [3.63, 3.8) is 0 Å². The largest absolute Gasteiger partial charge is 0.460 e. The van der Waals surface area contributed by atoms with Gasteiger partial charge in [0, 0.05) is 12.2 Å². The van der Waals surface area contributed by atoms with Crippen molar-refractivity contribution in [3.8, 4) is 0 Å². The summed E-state index contributed by atoms with van der Waals surface area (Å²) in [6.45, 7) is 10.6. The van der Waals surface area contributed by atoms with Gasteiger partial charge < -0.3 is 9.64 Å². The Morgan fingerprint density at radius 3 is 2.58 bits per heavy atom. The summed E-state index contributed by atoms with van der Waals surface area (Å²) in [5.74, 6) is 0.209. The van der Waals surface area contributed by atoms with E-state index in [0.29, 0.717) is 18.9 Å². The SMILES string of the molecule is CC(C)C[C@@H](/C=C/C(=O)N1CCc2ccccc21)CC(=O)OC(C)(C)C. The number of allylic oxidation sites excluding steroid dienone is 1. The number of anilines is 1. The third kappa shape index (κ3) is 6.01. The van der Waals surface area contributed by atoms with Gasteiger partial charge in [-0.1, -0.05) is 38.1 Å². The van der Waals surface area contributed by atoms with Crippen molar-refractivity contribution < 1.29 is 14.3 Å². The number of nitrogens with zero attached hydrogens (tertiary/aromatic N) is 1. The van der Waals surface area contributed by atoms with Crippen LogP contribution in [0.2, 0.25) is 0 Å². The summed E-state index contributed by atoms with van der Waals surface area (Å²) in [6.07, 6.45) is 5.55. The van der Waals surface area contributed by atoms with Crippen molar-refractivity contribution in [2.45, 2.75) is 59.5 Å². The van der Waals surface area contributed by atoms with Gasteiger partial charge in [0.1, 0.15) is 5.60 Å². The number of carbonyl (C=O) groups is 2. The van der Waals surface area contributed by atoms with Crippen molar-refractivity contribution in [2.75, 3.05) is 11.4 Å². The van der Waals surface area contributed by atoms with Gasteiger partial charge in [0.25, 0.3) is 5.91 Å². The van der Waals surface area contributed by atoms with E-state index in [1.807, 2.05) is 49.9 Å². The number of carbonyl (C=O) groups excluding carboxylic acids is 2. The van der Waals surface area contributed by atoms with Crippen molar-refractivity contribution in [3.05, 3.63) is 42.0 Å². The third-order valence-electron chi connectivity index (χ3n) is 4.29. The van der Waals surface area contributed by atoms with E-state index in [1.54, 1.807) is 6.08 Å². The number of para-hydroxylation sites is 1. The molecular weight excluding hydrogens is 326 g/mol. The van der Waals surface area contributed by atoms with Gasteiger partial charge in [-0.05, 0) is 63.2 Å². The van der Waals surface area contributed by atoms with Crippen LogP contribution in [0.15, 0.2) is 36.4 Å². The Morgan fingerprint density at radius 1 is 1.23 bits per heavy atom. The van der Waals surface area contributed by atoms with Crippen LogP contribution in [0.4, 0.5) is 5.69 Å². The molecule has 1 amide bonds. The lowest BCUT2D eigenvalue weighted by Crippen LogP contribution is -2.27. The minimum Gasteiger partial charge on any atom is -0.460 e. The fraction of sp³-hybridized carbons (Fsp3) is 0.545. The summed E-state index contributed by atoms with van der Waals surface area (Å²) in [4.78, 5) is 26.6. The Hall–Kier alpha value is -2.10. The van der Waals surface area contributed by atoms with Crippen molar-refractivity contribution in [1.82, 2.24) is 0 Å². The first kappa shape index (κ1) is 20.2. The Kier molecular flexibility index (Phi) is 6.63. The monoisotopic (exact) mass is 357 g/mol. The highest BCUT2D eigenvalue weighted by atomic mass is 16.6. The van der Waals surface area contributed by atoms with E-state index in [-0.39, 0.29) is 17.8 Å². The smallest absolute Gasteiger partial charge is 0.306 e. The highest BCUT2D eigenvalue weighted by Gasteiger charge is 2.24. The average molecular weight is 357 g/mol. The molecular formula is C22H31NO3. The Bertz CT molecular complexity index is 670. The Morgan fingerprint density at radius 2 is 1.92 bits per heavy atom. The number of hydrogen-bond acceptors (Lipinski definition) is 3. The van der Waals surface area contributed by atoms with Crippen LogP contribution in [-0.4, -0.2) is 24.0 Å². The first-order chi connectivity index (χ1) is 12.2. The van der Waals surface area contributed by atoms with E-state index in [4.69, 9.17) is 4.74 Å². The molecule has 4 heteroatoms. The van der Waals surface area contributed by atoms with Crippen LogP contribution in [0.25, 0.3) is 0 Å². The first-order valence-corrected chi connectivity index (χ1v) is 9.45. The number of amides is 1. The fourth-order valence-corrected chi connectivity index (χ4v) is 3.31. The number of fused-ring (bicyclic) bond motifs is 1. The summed E-state index contributed by atoms with van der Waals surface area (Å²) in [7, 11) is 0. The number of hydrogen-bond donors (Lipinski definition) is 0. The second kappa shape index (κ2) is 8.52. The molecule has 1 aromatic carbocycles. The quantitative estimate of drug-likeness (QED) is 0.555. The molecule has 0 unspecified atom stereocenters. The maximum absolute atomic E-state index is 12.6. The minimum absolute atomic E-state index is 0.00615. The molecule has 0 radical (unpaired) electrons. The molecule has 1 atom stereocenters. The molecule has 0 aromatic heterocycles. The Labute approximate surface area is 157 Å². The summed E-state index contributed by atoms with van der Waals surface area (Å²) in [5, 5.41) is 0. The van der Waals surface area contributed by atoms with Crippen LogP contribution in [0.3, 0.4) is 0 Å². The first-order valence-electron chi connectivity index (χ1n) is 9.45. The number of ether oxygens (including phenoxy) is 1. The molecule has 1 aliphatic rings. The minimum atomic E-state index is -0.488. The zero-order chi connectivity index (χ0) is 19.3. The molecule has 4 nitrogen and oxygen atoms in total. The summed E-state index contributed by atoms with van der Waals surface area (Å²) in [6, 6.07) is 8.01. The molecule has 0 bridgehead atoms. The molecule has 2 rings (SSSR count). The van der Waals surface area contributed by atoms with E-state index in [0.717, 1.165) is 18.5 Å². The lowest BCUT2D eigenvalue weighted by molar-refractivity contribution is -0.155. The summed E-state index contributed by atoms with van der Waals surface area (Å²) in [5.41, 5.74) is 1.72. The van der Waals surface area contributed by atoms with Crippen LogP contribution < -0.4 is 4.90 Å². The third-order valence-corrected chi connectivity index (χ3v) is 4.29. The van der Waals surface area contributed by atoms with Gasteiger partial charge in [-0.3, -0.25) is 9.59 Å². The molecule has 1 aliphatic heterocycles. The van der Waals surface area contributed by atoms with Gasteiger partial charge >= 0.3 is 5.97 Å². The predicted molar refractivity (Wildman–Crippen MR) is 105 cm³/mol. The van der Waals surface area contributed by atoms with Gasteiger partial charge in [0.05, 0.1) is 6.42 Å². The highest BCUT2D eigenvalue weighted by molar-refractivity contribution is 6.02. The molecule has 0 saturated carbocycles. The molecule has 0 aliphatic carbocycles. The predicted octanol–water partition coefficient (Wildman–Crippen LogP) is 4.53. The number of benzene rings is 1. The molecule has 1 heterocycles. The van der Waals surface area contributed by atoms with Gasteiger partial charge in [-0.15, -0.1) is 0 Å². The number of rotatable bonds is 6. The van der Waals surface area contributed by atoms with Crippen LogP contribution in [0.1, 0.15) is 53.0 Å². The van der Waals surface area contributed by atoms with Gasteiger partial charge in [-0.25, -0.2) is 0 Å². The van der Waals surface area contributed by atoms with E-state index < -0.39 is 5.60 Å². The van der Waals surface area contributed by atoms with Crippen molar-refractivity contribution >= 4 is 17.6 Å². The van der Waals surface area contributed by atoms with Crippen molar-refractivity contribution in [2.24, 2.45) is 11.8 Å². The van der Waals surface area contributed by atoms with Crippen LogP contribution >= 0.6 is 0 Å². The van der Waals surface area contributed by atoms with E-state index >= 15 is 0 Å². The topological polar surface area (TPSA) is 46.6 Å². The fourth-order valence-electron chi connectivity index (χ4n) is 3.31. The maximum Gasteiger partial charge on any atom is 0.306 e. The van der Waals surface area contributed by atoms with Gasteiger partial charge in [-0.2, -0.15) is 0 Å². The lowest BCUT2D eigenvalue weighted by atomic mass is 9.93. The van der Waals surface area contributed by atoms with Crippen LogP contribution in [0, 0.1) is 11.8 Å². The second-order valence-electron chi connectivity index (χ2n) is 8.41. The zero-order valence-corrected chi connectivity index (χ0v) is 16.6. The Balaban J connectivity index is 2.03. The van der Waals surface area contributed by atoms with Gasteiger partial charge in [0.2, 0.25) is 0 Å². The average Bonchev–Trinajstić information content (AvgIpc) is 2.94. The van der Waals surface area contributed by atoms with Crippen LogP contribution in [0.5, 0.6) is 0 Å². The standard InChI is InChI=1S/C22H31NO3/c1-16(2)14-17(15-21(25)26-22(3,4)5)10-11-20(24)23-13-12-18-8-6-7-9-19(18)23/h6-11,16-17H,12-15H2,1-5H3/b11-10+/t17-/m1/s1. The van der Waals surface area contributed by atoms with Gasteiger partial charge in [0.15, 0.2) is 0 Å². The normalized spacial score (nSPS) is 15.4. The summed E-state index contributed by atoms with van der Waals surface area (Å²) >= 11 is 0. The molecule has 0 fully saturated rings. The maximum atomic E-state index is 12.6. The molecule has 0 saturated heterocycles. The van der Waals surface area contributed by atoms with E-state index in [2.05, 4.69) is 19.9 Å². The lowest BCUT2D eigenvalue weighted by Gasteiger charge is -2.22. The molecule has 26 heavy (non-hydrogen) atoms. The van der Waals surface area contributed by atoms with Crippen LogP contribution in [-0.2, 0) is 20.7 Å². The molecule has 142 valence electrons. The molecule has 1 aromatic rings. The molecule has 0 N–H and O–H groups in total. The number of esters is 1. The van der Waals surface area contributed by atoms with Crippen molar-refractivity contribution in [1.29, 1.82) is 0 Å².